The minimum absolute atomic E-state index is 1.04. The highest BCUT2D eigenvalue weighted by atomic mass is 32.1. The summed E-state index contributed by atoms with van der Waals surface area (Å²) in [6.45, 7) is 7.66. The van der Waals surface area contributed by atoms with Crippen LogP contribution in [0.15, 0.2) is 36.3 Å². The molecule has 0 amide bonds. The number of thiazole rings is 1. The van der Waals surface area contributed by atoms with Crippen molar-refractivity contribution >= 4 is 16.9 Å². The highest BCUT2D eigenvalue weighted by Gasteiger charge is 1.99. The molecule has 1 aromatic heterocycles. The molecule has 0 atom stereocenters. The Morgan fingerprint density at radius 3 is 2.85 bits per heavy atom. The van der Waals surface area contributed by atoms with E-state index in [9.17, 15) is 0 Å². The van der Waals surface area contributed by atoms with Gasteiger partial charge in [-0.15, -0.1) is 11.3 Å². The maximum absolute atomic E-state index is 4.40. The van der Waals surface area contributed by atoms with Gasteiger partial charge in [0.05, 0.1) is 10.7 Å². The van der Waals surface area contributed by atoms with Crippen LogP contribution in [-0.2, 0) is 0 Å². The van der Waals surface area contributed by atoms with E-state index in [1.165, 1.54) is 0 Å². The lowest BCUT2D eigenvalue weighted by Crippen LogP contribution is -1.80. The first-order chi connectivity index (χ1) is 6.27. The monoisotopic (exact) mass is 191 g/mol. The number of nitrogens with zero attached hydrogens (tertiary/aromatic N) is 1. The fourth-order valence-corrected chi connectivity index (χ4v) is 1.62. The van der Waals surface area contributed by atoms with Crippen LogP contribution in [-0.4, -0.2) is 4.98 Å². The number of hydrogen-bond acceptors (Lipinski definition) is 2. The summed E-state index contributed by atoms with van der Waals surface area (Å²) >= 11 is 1.67. The fraction of sp³-hybridized carbons (Fsp3) is 0.182. The van der Waals surface area contributed by atoms with Gasteiger partial charge in [-0.25, -0.2) is 4.98 Å². The van der Waals surface area contributed by atoms with Crippen LogP contribution in [0.3, 0.4) is 0 Å². The molecule has 0 bridgehead atoms. The standard InChI is InChI=1S/C11H13NS/c1-4-6-7-10(5-2)11-8-13-9(3)12-11/h4-8H,1H2,2-3H3/b7-6-,10-5+. The topological polar surface area (TPSA) is 12.9 Å². The van der Waals surface area contributed by atoms with Crippen molar-refractivity contribution in [1.82, 2.24) is 4.98 Å². The lowest BCUT2D eigenvalue weighted by atomic mass is 10.2. The minimum Gasteiger partial charge on any atom is -0.242 e. The van der Waals surface area contributed by atoms with E-state index >= 15 is 0 Å². The van der Waals surface area contributed by atoms with Crippen LogP contribution in [0.25, 0.3) is 5.57 Å². The van der Waals surface area contributed by atoms with Crippen LogP contribution in [0.1, 0.15) is 17.6 Å². The third-order valence-electron chi connectivity index (χ3n) is 1.64. The maximum atomic E-state index is 4.40. The Hall–Kier alpha value is -1.15. The van der Waals surface area contributed by atoms with Gasteiger partial charge in [0, 0.05) is 5.38 Å². The molecule has 0 aromatic carbocycles. The van der Waals surface area contributed by atoms with Gasteiger partial charge in [0.1, 0.15) is 0 Å². The molecular weight excluding hydrogens is 178 g/mol. The summed E-state index contributed by atoms with van der Waals surface area (Å²) in [6, 6.07) is 0. The first-order valence-electron chi connectivity index (χ1n) is 4.16. The second-order valence-electron chi connectivity index (χ2n) is 2.59. The first kappa shape index (κ1) is 9.93. The van der Waals surface area contributed by atoms with Gasteiger partial charge in [-0.3, -0.25) is 0 Å². The van der Waals surface area contributed by atoms with Gasteiger partial charge in [-0.2, -0.15) is 0 Å². The molecule has 0 saturated heterocycles. The van der Waals surface area contributed by atoms with Gasteiger partial charge >= 0.3 is 0 Å². The Morgan fingerprint density at radius 1 is 1.62 bits per heavy atom. The van der Waals surface area contributed by atoms with Crippen LogP contribution in [0.4, 0.5) is 0 Å². The predicted octanol–water partition coefficient (Wildman–Crippen LogP) is 3.60. The summed E-state index contributed by atoms with van der Waals surface area (Å²) in [4.78, 5) is 4.40. The van der Waals surface area contributed by atoms with Gasteiger partial charge < -0.3 is 0 Å². The van der Waals surface area contributed by atoms with Gasteiger partial charge in [-0.05, 0) is 19.4 Å². The molecule has 0 N–H and O–H groups in total. The summed E-state index contributed by atoms with van der Waals surface area (Å²) in [5.74, 6) is 0. The SMILES string of the molecule is C=C/C=C\C(=C/C)c1csc(C)n1. The van der Waals surface area contributed by atoms with E-state index in [0.29, 0.717) is 0 Å². The van der Waals surface area contributed by atoms with Crippen molar-refractivity contribution in [2.24, 2.45) is 0 Å². The third kappa shape index (κ3) is 2.67. The number of allylic oxidation sites excluding steroid dienone is 5. The summed E-state index contributed by atoms with van der Waals surface area (Å²) in [6.07, 6.45) is 7.75. The van der Waals surface area contributed by atoms with E-state index in [0.717, 1.165) is 16.3 Å². The summed E-state index contributed by atoms with van der Waals surface area (Å²) in [7, 11) is 0. The second kappa shape index (κ2) is 4.77. The molecule has 68 valence electrons. The van der Waals surface area contributed by atoms with Crippen molar-refractivity contribution in [3.8, 4) is 0 Å². The number of aryl methyl sites for hydroxylation is 1. The molecule has 1 nitrogen and oxygen atoms in total. The molecule has 0 fully saturated rings. The maximum Gasteiger partial charge on any atom is 0.0901 e. The third-order valence-corrected chi connectivity index (χ3v) is 2.41. The van der Waals surface area contributed by atoms with Gasteiger partial charge in [0.2, 0.25) is 0 Å². The number of aromatic nitrogens is 1. The van der Waals surface area contributed by atoms with E-state index in [1.807, 2.05) is 26.0 Å². The van der Waals surface area contributed by atoms with E-state index in [1.54, 1.807) is 17.4 Å². The van der Waals surface area contributed by atoms with Crippen LogP contribution in [0.5, 0.6) is 0 Å². The predicted molar refractivity (Wildman–Crippen MR) is 59.8 cm³/mol. The average molecular weight is 191 g/mol. The lowest BCUT2D eigenvalue weighted by molar-refractivity contribution is 1.26. The Balaban J connectivity index is 2.91. The van der Waals surface area contributed by atoms with E-state index < -0.39 is 0 Å². The number of rotatable bonds is 3. The van der Waals surface area contributed by atoms with Crippen molar-refractivity contribution in [2.75, 3.05) is 0 Å². The van der Waals surface area contributed by atoms with Gasteiger partial charge in [-0.1, -0.05) is 30.9 Å². The Bertz CT molecular complexity index is 345. The van der Waals surface area contributed by atoms with Crippen molar-refractivity contribution in [2.45, 2.75) is 13.8 Å². The van der Waals surface area contributed by atoms with Crippen molar-refractivity contribution < 1.29 is 0 Å². The Morgan fingerprint density at radius 2 is 2.38 bits per heavy atom. The van der Waals surface area contributed by atoms with Crippen molar-refractivity contribution in [3.05, 3.63) is 47.0 Å². The summed E-state index contributed by atoms with van der Waals surface area (Å²) < 4.78 is 0. The molecule has 0 aliphatic heterocycles. The molecular formula is C11H13NS. The van der Waals surface area contributed by atoms with Crippen LogP contribution >= 0.6 is 11.3 Å². The molecule has 1 aromatic rings. The number of hydrogen-bond donors (Lipinski definition) is 0. The second-order valence-corrected chi connectivity index (χ2v) is 3.65. The van der Waals surface area contributed by atoms with Gasteiger partial charge in [0.25, 0.3) is 0 Å². The molecule has 0 aliphatic carbocycles. The molecule has 0 saturated carbocycles. The molecule has 1 heterocycles. The molecule has 0 aliphatic rings. The van der Waals surface area contributed by atoms with Gasteiger partial charge in [0.15, 0.2) is 0 Å². The molecule has 1 rings (SSSR count). The normalized spacial score (nSPS) is 12.3. The largest absolute Gasteiger partial charge is 0.242 e. The fourth-order valence-electron chi connectivity index (χ4n) is 0.997. The van der Waals surface area contributed by atoms with E-state index in [2.05, 4.69) is 23.0 Å². The summed E-state index contributed by atoms with van der Waals surface area (Å²) in [5.41, 5.74) is 2.19. The highest BCUT2D eigenvalue weighted by molar-refractivity contribution is 7.09. The summed E-state index contributed by atoms with van der Waals surface area (Å²) in [5, 5.41) is 3.17. The van der Waals surface area contributed by atoms with Crippen molar-refractivity contribution in [3.63, 3.8) is 0 Å². The zero-order valence-electron chi connectivity index (χ0n) is 7.95. The molecule has 0 unspecified atom stereocenters. The zero-order chi connectivity index (χ0) is 9.68. The van der Waals surface area contributed by atoms with Crippen LogP contribution in [0, 0.1) is 6.92 Å². The molecule has 2 heteroatoms. The Labute approximate surface area is 83.1 Å². The first-order valence-corrected chi connectivity index (χ1v) is 5.03. The van der Waals surface area contributed by atoms with Crippen molar-refractivity contribution in [1.29, 1.82) is 0 Å². The van der Waals surface area contributed by atoms with E-state index in [4.69, 9.17) is 0 Å². The zero-order valence-corrected chi connectivity index (χ0v) is 8.77. The molecule has 0 spiro atoms. The average Bonchev–Trinajstić information content (AvgIpc) is 2.54. The lowest BCUT2D eigenvalue weighted by Gasteiger charge is -1.93. The van der Waals surface area contributed by atoms with Crippen LogP contribution < -0.4 is 0 Å². The van der Waals surface area contributed by atoms with Crippen LogP contribution in [0.2, 0.25) is 0 Å². The van der Waals surface area contributed by atoms with E-state index in [-0.39, 0.29) is 0 Å². The molecule has 0 radical (unpaired) electrons. The Kier molecular flexibility index (Phi) is 3.65. The highest BCUT2D eigenvalue weighted by Crippen LogP contribution is 2.18. The minimum atomic E-state index is 1.04. The smallest absolute Gasteiger partial charge is 0.0901 e. The quantitative estimate of drug-likeness (QED) is 0.665. The molecule has 13 heavy (non-hydrogen) atoms.